The van der Waals surface area contributed by atoms with Gasteiger partial charge in [-0.1, -0.05) is 72.8 Å². The number of amidine groups is 2. The second kappa shape index (κ2) is 15.1. The summed E-state index contributed by atoms with van der Waals surface area (Å²) in [4.78, 5) is 71.4. The van der Waals surface area contributed by atoms with Gasteiger partial charge in [0.25, 0.3) is 0 Å². The van der Waals surface area contributed by atoms with Crippen LogP contribution >= 0.6 is 0 Å². The number of H-pyrrole nitrogens is 5. The van der Waals surface area contributed by atoms with Crippen molar-refractivity contribution in [1.82, 2.24) is 64.8 Å². The van der Waals surface area contributed by atoms with Crippen LogP contribution in [0.2, 0.25) is 0 Å². The van der Waals surface area contributed by atoms with E-state index in [-0.39, 0.29) is 17.5 Å². The van der Waals surface area contributed by atoms with Gasteiger partial charge in [0.15, 0.2) is 17.5 Å². The van der Waals surface area contributed by atoms with Gasteiger partial charge in [-0.25, -0.2) is 49.9 Å². The number of nitrogen functional groups attached to an aromatic ring is 1. The Hall–Kier alpha value is -11.7. The summed E-state index contributed by atoms with van der Waals surface area (Å²) in [5.74, 6) is 1.02. The molecule has 0 aliphatic carbocycles. The average Bonchev–Trinajstić information content (AvgIpc) is 4.57. The second-order valence-corrected chi connectivity index (χ2v) is 22.0. The predicted octanol–water partition coefficient (Wildman–Crippen LogP) is 13.0. The monoisotopic (exact) mass is 1070 g/mol. The molecule has 0 spiro atoms. The van der Waals surface area contributed by atoms with Gasteiger partial charge < -0.3 is 36.4 Å². The summed E-state index contributed by atoms with van der Waals surface area (Å²) in [7, 11) is 0. The van der Waals surface area contributed by atoms with Crippen LogP contribution in [0.15, 0.2) is 156 Å². The van der Waals surface area contributed by atoms with E-state index in [9.17, 15) is 0 Å². The van der Waals surface area contributed by atoms with Crippen molar-refractivity contribution in [3.63, 3.8) is 0 Å². The molecule has 17 nitrogen and oxygen atoms in total. The number of para-hydroxylation sites is 4. The van der Waals surface area contributed by atoms with Crippen molar-refractivity contribution in [2.75, 3.05) is 5.73 Å². The molecule has 0 unspecified atom stereocenters. The molecule has 0 atom stereocenters. The number of pyridine rings is 4. The lowest BCUT2D eigenvalue weighted by Crippen LogP contribution is -2.13. The largest absolute Gasteiger partial charge is 0.383 e. The highest BCUT2D eigenvalue weighted by Crippen LogP contribution is 2.43. The molecule has 0 radical (unpaired) electrons. The summed E-state index contributed by atoms with van der Waals surface area (Å²) >= 11 is 0. The number of anilines is 1. The zero-order valence-corrected chi connectivity index (χ0v) is 43.4. The molecule has 3 aliphatic rings. The predicted molar refractivity (Wildman–Crippen MR) is 328 cm³/mol. The van der Waals surface area contributed by atoms with Gasteiger partial charge in [0, 0.05) is 101 Å². The summed E-state index contributed by atoms with van der Waals surface area (Å²) in [5, 5.41) is 7.51. The number of nitrogens with zero attached hydrogens (tertiary/aromatic N) is 10. The number of aromatic amines is 5. The molecule has 3 aliphatic heterocycles. The van der Waals surface area contributed by atoms with Gasteiger partial charge in [-0.05, 0) is 72.8 Å². The number of hydrogen-bond acceptors (Lipinski definition) is 11. The van der Waals surface area contributed by atoms with E-state index in [2.05, 4.69) is 146 Å². The fourth-order valence-corrected chi connectivity index (χ4v) is 13.5. The fourth-order valence-electron chi connectivity index (χ4n) is 13.5. The molecule has 0 saturated heterocycles. The minimum absolute atomic E-state index is 0.171. The van der Waals surface area contributed by atoms with Crippen LogP contribution in [0.25, 0.3) is 165 Å². The van der Waals surface area contributed by atoms with Crippen molar-refractivity contribution < 1.29 is 0 Å². The van der Waals surface area contributed by atoms with E-state index >= 15 is 0 Å². The number of aliphatic imine (C=N–C) groups is 2. The molecule has 14 heterocycles. The highest BCUT2D eigenvalue weighted by molar-refractivity contribution is 6.27. The van der Waals surface area contributed by atoms with Gasteiger partial charge in [-0.2, -0.15) is 0 Å². The van der Waals surface area contributed by atoms with Crippen molar-refractivity contribution in [2.24, 2.45) is 15.7 Å². The van der Waals surface area contributed by atoms with Crippen LogP contribution in [-0.2, 0) is 12.8 Å². The number of aromatic nitrogens is 13. The first-order valence-corrected chi connectivity index (χ1v) is 27.4. The molecule has 17 heteroatoms. The molecule has 0 fully saturated rings. The van der Waals surface area contributed by atoms with E-state index in [0.29, 0.717) is 85.2 Å². The first kappa shape index (κ1) is 43.2. The van der Waals surface area contributed by atoms with Crippen LogP contribution in [0.5, 0.6) is 0 Å². The van der Waals surface area contributed by atoms with E-state index in [1.165, 1.54) is 0 Å². The lowest BCUT2D eigenvalue weighted by molar-refractivity contribution is 1.07. The molecule has 6 aromatic carbocycles. The Morgan fingerprint density at radius 2 is 0.687 bits per heavy atom. The van der Waals surface area contributed by atoms with Crippen LogP contribution in [0.4, 0.5) is 11.6 Å². The summed E-state index contributed by atoms with van der Waals surface area (Å²) < 4.78 is 0. The molecule has 11 aromatic heterocycles. The summed E-state index contributed by atoms with van der Waals surface area (Å²) in [6.45, 7) is 0. The SMILES string of the molecule is NC1=NC(=Nc2[nH]c(N)c3nc4c5ccc6nc5c5nc(ccc5c4nc23)-c2cccc3cc([nH]c23)Cc2cc3cccc-6c3[nH]2)c2nc3c4ccc5nc4c4nc(ccc4c3nc21)-c1cccc2cc([nH]c12)Cc1cc2cccc-5c2[nH]1. The normalized spacial score (nSPS) is 14.1. The molecule has 0 saturated carbocycles. The first-order chi connectivity index (χ1) is 40.8. The van der Waals surface area contributed by atoms with E-state index in [1.54, 1.807) is 0 Å². The molecule has 16 bridgehead atoms. The summed E-state index contributed by atoms with van der Waals surface area (Å²) in [6, 6.07) is 50.6. The molecule has 83 heavy (non-hydrogen) atoms. The van der Waals surface area contributed by atoms with E-state index < -0.39 is 0 Å². The molecular weight excluding hydrogens is 1030 g/mol. The van der Waals surface area contributed by atoms with Gasteiger partial charge in [-0.15, -0.1) is 0 Å². The lowest BCUT2D eigenvalue weighted by atomic mass is 10.0. The Labute approximate surface area is 465 Å². The smallest absolute Gasteiger partial charge is 0.184 e. The van der Waals surface area contributed by atoms with Crippen LogP contribution in [0.3, 0.4) is 0 Å². The number of hydrogen-bond donors (Lipinski definition) is 7. The van der Waals surface area contributed by atoms with Crippen LogP contribution in [-0.4, -0.2) is 76.5 Å². The molecule has 386 valence electrons. The molecular formula is C66H37N17. The van der Waals surface area contributed by atoms with Gasteiger partial charge in [0.1, 0.15) is 28.2 Å². The Balaban J connectivity index is 0.795. The zero-order valence-electron chi connectivity index (χ0n) is 43.4. The maximum absolute atomic E-state index is 6.88. The highest BCUT2D eigenvalue weighted by Gasteiger charge is 2.29. The molecule has 20 rings (SSSR count). The minimum atomic E-state index is 0.171. The lowest BCUT2D eigenvalue weighted by Gasteiger charge is -2.13. The van der Waals surface area contributed by atoms with Gasteiger partial charge in [-0.3, -0.25) is 0 Å². The Bertz CT molecular complexity index is 5990. The van der Waals surface area contributed by atoms with Gasteiger partial charge in [0.2, 0.25) is 0 Å². The van der Waals surface area contributed by atoms with E-state index in [4.69, 9.17) is 61.3 Å². The Morgan fingerprint density at radius 1 is 0.337 bits per heavy atom. The average molecular weight is 1070 g/mol. The Morgan fingerprint density at radius 3 is 1.08 bits per heavy atom. The van der Waals surface area contributed by atoms with Crippen LogP contribution < -0.4 is 11.5 Å². The van der Waals surface area contributed by atoms with Crippen LogP contribution in [0, 0.1) is 0 Å². The number of nitrogens with one attached hydrogen (secondary N) is 5. The van der Waals surface area contributed by atoms with Crippen molar-refractivity contribution in [3.8, 4) is 45.0 Å². The number of nitrogens with two attached hydrogens (primary N) is 2. The number of rotatable bonds is 1. The van der Waals surface area contributed by atoms with Crippen molar-refractivity contribution in [2.45, 2.75) is 12.8 Å². The fraction of sp³-hybridized carbons (Fsp3) is 0.0303. The molecule has 17 aromatic rings. The maximum Gasteiger partial charge on any atom is 0.184 e. The third kappa shape index (κ3) is 5.87. The summed E-state index contributed by atoms with van der Waals surface area (Å²) in [6.07, 6.45) is 1.41. The van der Waals surface area contributed by atoms with Gasteiger partial charge >= 0.3 is 0 Å². The van der Waals surface area contributed by atoms with E-state index in [0.717, 1.165) is 133 Å². The van der Waals surface area contributed by atoms with Crippen molar-refractivity contribution >= 4 is 144 Å². The standard InChI is InChI=1S/C66H37N17/c67-63-59-61(79-57-41-15-19-45-37-11-3-7-29-23-33(71-49(29)37)25-31-21-27-5-1-9-35(47(27)69-31)43-17-13-39(55(57)77-59)51(73-43)53(41)75-45)65(81-63)83-66-62-60(64(68)82-66)78-56-40-14-18-44-36-10-2-6-28-22-32(70-48(28)36)26-34-24-30-8-4-12-38(50(30)72-34)46-20-16-42(58(56)80-62)54(76-46)52(40)74-44/h1-24,69-72,81H,25-26,67H2,(H2,68,82,83). The highest BCUT2D eigenvalue weighted by atomic mass is 15.1. The Kier molecular flexibility index (Phi) is 7.88. The van der Waals surface area contributed by atoms with E-state index in [1.807, 2.05) is 24.3 Å². The van der Waals surface area contributed by atoms with Crippen molar-refractivity contribution in [1.29, 1.82) is 0 Å². The number of benzene rings is 6. The molecule has 9 N–H and O–H groups in total. The quantitative estimate of drug-likeness (QED) is 0.0765. The van der Waals surface area contributed by atoms with Crippen molar-refractivity contribution in [3.05, 3.63) is 180 Å². The zero-order chi connectivity index (χ0) is 54.1. The molecule has 0 amide bonds. The summed E-state index contributed by atoms with van der Waals surface area (Å²) in [5.41, 5.74) is 36.2. The maximum atomic E-state index is 6.88. The third-order valence-corrected chi connectivity index (χ3v) is 17.2. The minimum Gasteiger partial charge on any atom is -0.383 e. The first-order valence-electron chi connectivity index (χ1n) is 27.4. The third-order valence-electron chi connectivity index (χ3n) is 17.2. The number of fused-ring (bicyclic) bond motifs is 20. The topological polar surface area (TPSA) is 259 Å². The van der Waals surface area contributed by atoms with Gasteiger partial charge in [0.05, 0.1) is 89.0 Å². The second-order valence-electron chi connectivity index (χ2n) is 22.0. The van der Waals surface area contributed by atoms with Crippen LogP contribution in [0.1, 0.15) is 34.2 Å².